The molecule has 3 nitrogen and oxygen atoms in total. The smallest absolute Gasteiger partial charge is 0.110 e. The van der Waals surface area contributed by atoms with Crippen molar-refractivity contribution < 1.29 is 0 Å². The maximum Gasteiger partial charge on any atom is 0.110 e. The van der Waals surface area contributed by atoms with Crippen molar-refractivity contribution in [3.8, 4) is 0 Å². The van der Waals surface area contributed by atoms with Crippen molar-refractivity contribution in [1.82, 2.24) is 9.97 Å². The fourth-order valence-electron chi connectivity index (χ4n) is 0.964. The second-order valence-corrected chi connectivity index (χ2v) is 2.01. The molecule has 0 radical (unpaired) electrons. The minimum Gasteiger partial charge on any atom is -0.385 e. The van der Waals surface area contributed by atoms with Gasteiger partial charge in [-0.3, -0.25) is 0 Å². The van der Waals surface area contributed by atoms with Crippen molar-refractivity contribution >= 4 is 16.7 Å². The average Bonchev–Trinajstić information content (AvgIpc) is 2.35. The molecule has 0 aliphatic heterocycles. The largest absolute Gasteiger partial charge is 0.385 e. The summed E-state index contributed by atoms with van der Waals surface area (Å²) < 4.78 is 0. The summed E-state index contributed by atoms with van der Waals surface area (Å²) in [6.45, 7) is 0. The summed E-state index contributed by atoms with van der Waals surface area (Å²) in [5.74, 6) is 0.728. The zero-order chi connectivity index (χ0) is 6.27. The van der Waals surface area contributed by atoms with Gasteiger partial charge in [0.15, 0.2) is 0 Å². The van der Waals surface area contributed by atoms with Crippen LogP contribution in [0.4, 0.5) is 5.82 Å². The van der Waals surface area contributed by atoms with Gasteiger partial charge in [0.25, 0.3) is 0 Å². The van der Waals surface area contributed by atoms with E-state index in [1.54, 1.807) is 0 Å². The summed E-state index contributed by atoms with van der Waals surface area (Å²) in [6, 6.07) is 1.95. The van der Waals surface area contributed by atoms with Crippen LogP contribution in [-0.2, 0) is 0 Å². The molecule has 0 aliphatic carbocycles. The maximum atomic E-state index is 5.55. The third kappa shape index (κ3) is 0.455. The van der Waals surface area contributed by atoms with Crippen LogP contribution in [0, 0.1) is 0 Å². The predicted molar refractivity (Wildman–Crippen MR) is 37.1 cm³/mol. The first-order valence-corrected chi connectivity index (χ1v) is 2.78. The molecule has 0 saturated heterocycles. The van der Waals surface area contributed by atoms with E-state index in [9.17, 15) is 0 Å². The summed E-state index contributed by atoms with van der Waals surface area (Å²) in [5, 5.41) is 1.06. The van der Waals surface area contributed by atoms with Crippen LogP contribution in [0.1, 0.15) is 0 Å². The normalized spacial score (nSPS) is 10.7. The molecule has 0 saturated carbocycles. The second kappa shape index (κ2) is 1.31. The Labute approximate surface area is 51.9 Å². The molecule has 0 aromatic carbocycles. The van der Waals surface area contributed by atoms with Gasteiger partial charge in [-0.25, -0.2) is 0 Å². The summed E-state index contributed by atoms with van der Waals surface area (Å²) in [7, 11) is 0. The van der Waals surface area contributed by atoms with Crippen LogP contribution in [0.5, 0.6) is 0 Å². The SMILES string of the molecule is Nc1[nH]cc2[nH]ccc12. The van der Waals surface area contributed by atoms with Crippen LogP contribution in [0.15, 0.2) is 18.5 Å². The Bertz CT molecular complexity index is 317. The highest BCUT2D eigenvalue weighted by atomic mass is 14.9. The molecule has 0 bridgehead atoms. The quantitative estimate of drug-likeness (QED) is 0.480. The third-order valence-electron chi connectivity index (χ3n) is 1.44. The lowest BCUT2D eigenvalue weighted by Gasteiger charge is -1.78. The number of hydrogen-bond donors (Lipinski definition) is 3. The summed E-state index contributed by atoms with van der Waals surface area (Å²) in [4.78, 5) is 5.93. The molecule has 0 atom stereocenters. The van der Waals surface area contributed by atoms with E-state index in [2.05, 4.69) is 9.97 Å². The van der Waals surface area contributed by atoms with Gasteiger partial charge in [0.2, 0.25) is 0 Å². The number of hydrogen-bond acceptors (Lipinski definition) is 1. The average molecular weight is 121 g/mol. The van der Waals surface area contributed by atoms with Crippen LogP contribution in [0.25, 0.3) is 10.9 Å². The molecule has 0 unspecified atom stereocenters. The number of fused-ring (bicyclic) bond motifs is 1. The Morgan fingerprint density at radius 3 is 3.00 bits per heavy atom. The zero-order valence-corrected chi connectivity index (χ0v) is 4.81. The van der Waals surface area contributed by atoms with Gasteiger partial charge in [-0.05, 0) is 6.07 Å². The third-order valence-corrected chi connectivity index (χ3v) is 1.44. The molecule has 9 heavy (non-hydrogen) atoms. The molecule has 3 heteroatoms. The lowest BCUT2D eigenvalue weighted by atomic mass is 10.4. The van der Waals surface area contributed by atoms with Crippen LogP contribution in [-0.4, -0.2) is 9.97 Å². The molecule has 2 heterocycles. The Hall–Kier alpha value is -1.38. The van der Waals surface area contributed by atoms with E-state index in [-0.39, 0.29) is 0 Å². The van der Waals surface area contributed by atoms with E-state index < -0.39 is 0 Å². The van der Waals surface area contributed by atoms with Crippen LogP contribution in [0.3, 0.4) is 0 Å². The maximum absolute atomic E-state index is 5.55. The van der Waals surface area contributed by atoms with Gasteiger partial charge in [0.05, 0.1) is 5.52 Å². The number of nitrogens with one attached hydrogen (secondary N) is 2. The molecule has 46 valence electrons. The molecule has 2 aromatic heterocycles. The molecule has 0 spiro atoms. The van der Waals surface area contributed by atoms with Crippen molar-refractivity contribution in [2.45, 2.75) is 0 Å². The summed E-state index contributed by atoms with van der Waals surface area (Å²) in [6.07, 6.45) is 3.72. The van der Waals surface area contributed by atoms with E-state index >= 15 is 0 Å². The standard InChI is InChI=1S/C6H7N3/c7-6-4-1-2-8-5(4)3-9-6/h1-3,8-9H,7H2. The van der Waals surface area contributed by atoms with Gasteiger partial charge in [0.1, 0.15) is 5.82 Å². The summed E-state index contributed by atoms with van der Waals surface area (Å²) in [5.41, 5.74) is 6.61. The summed E-state index contributed by atoms with van der Waals surface area (Å²) >= 11 is 0. The van der Waals surface area contributed by atoms with E-state index in [0.717, 1.165) is 16.7 Å². The fourth-order valence-corrected chi connectivity index (χ4v) is 0.964. The van der Waals surface area contributed by atoms with Crippen molar-refractivity contribution in [2.75, 3.05) is 5.73 Å². The number of anilines is 1. The number of nitrogens with two attached hydrogens (primary N) is 1. The monoisotopic (exact) mass is 121 g/mol. The minimum absolute atomic E-state index is 0.728. The van der Waals surface area contributed by atoms with Gasteiger partial charge in [-0.2, -0.15) is 0 Å². The first-order valence-electron chi connectivity index (χ1n) is 2.78. The highest BCUT2D eigenvalue weighted by Gasteiger charge is 1.96. The first-order chi connectivity index (χ1) is 4.38. The molecule has 0 amide bonds. The van der Waals surface area contributed by atoms with Gasteiger partial charge in [-0.15, -0.1) is 0 Å². The van der Waals surface area contributed by atoms with Gasteiger partial charge >= 0.3 is 0 Å². The van der Waals surface area contributed by atoms with E-state index in [1.807, 2.05) is 18.5 Å². The van der Waals surface area contributed by atoms with Gasteiger partial charge in [-0.1, -0.05) is 0 Å². The molecular weight excluding hydrogens is 114 g/mol. The molecule has 0 fully saturated rings. The number of H-pyrrole nitrogens is 2. The molecule has 2 aromatic rings. The second-order valence-electron chi connectivity index (χ2n) is 2.01. The van der Waals surface area contributed by atoms with Crippen LogP contribution >= 0.6 is 0 Å². The lowest BCUT2D eigenvalue weighted by Crippen LogP contribution is -1.81. The zero-order valence-electron chi connectivity index (χ0n) is 4.81. The lowest BCUT2D eigenvalue weighted by molar-refractivity contribution is 1.39. The number of aromatic amines is 2. The van der Waals surface area contributed by atoms with Crippen molar-refractivity contribution in [2.24, 2.45) is 0 Å². The van der Waals surface area contributed by atoms with E-state index in [4.69, 9.17) is 5.73 Å². The van der Waals surface area contributed by atoms with Crippen molar-refractivity contribution in [1.29, 1.82) is 0 Å². The Morgan fingerprint density at radius 2 is 2.22 bits per heavy atom. The Kier molecular flexibility index (Phi) is 0.656. The highest BCUT2D eigenvalue weighted by Crippen LogP contribution is 2.16. The van der Waals surface area contributed by atoms with Crippen molar-refractivity contribution in [3.63, 3.8) is 0 Å². The Morgan fingerprint density at radius 1 is 1.33 bits per heavy atom. The Balaban J connectivity index is 2.99. The predicted octanol–water partition coefficient (Wildman–Crippen LogP) is 1.08. The van der Waals surface area contributed by atoms with Crippen LogP contribution < -0.4 is 5.73 Å². The van der Waals surface area contributed by atoms with Gasteiger partial charge < -0.3 is 15.7 Å². The van der Waals surface area contributed by atoms with Crippen LogP contribution in [0.2, 0.25) is 0 Å². The highest BCUT2D eigenvalue weighted by molar-refractivity contribution is 5.89. The number of rotatable bonds is 0. The molecular formula is C6H7N3. The molecule has 2 rings (SSSR count). The minimum atomic E-state index is 0.728. The topological polar surface area (TPSA) is 57.6 Å². The number of aromatic nitrogens is 2. The fraction of sp³-hybridized carbons (Fsp3) is 0. The molecule has 0 aliphatic rings. The molecule has 4 N–H and O–H groups in total. The van der Waals surface area contributed by atoms with Crippen molar-refractivity contribution in [3.05, 3.63) is 18.5 Å². The van der Waals surface area contributed by atoms with Gasteiger partial charge in [0, 0.05) is 17.8 Å². The van der Waals surface area contributed by atoms with E-state index in [0.29, 0.717) is 0 Å². The van der Waals surface area contributed by atoms with E-state index in [1.165, 1.54) is 0 Å². The number of nitrogen functional groups attached to an aromatic ring is 1. The first kappa shape index (κ1) is 4.49.